The third-order valence-corrected chi connectivity index (χ3v) is 4.58. The summed E-state index contributed by atoms with van der Waals surface area (Å²) in [5.74, 6) is 1.49. The van der Waals surface area contributed by atoms with Crippen LogP contribution < -0.4 is 5.32 Å². The van der Waals surface area contributed by atoms with Crippen LogP contribution in [0.25, 0.3) is 11.4 Å². The topological polar surface area (TPSA) is 73.9 Å². The van der Waals surface area contributed by atoms with E-state index in [1.165, 1.54) is 38.8 Å². The Morgan fingerprint density at radius 2 is 2.04 bits per heavy atom. The summed E-state index contributed by atoms with van der Waals surface area (Å²) in [6, 6.07) is 7.66. The number of hydrogen-bond acceptors (Lipinski definition) is 4. The van der Waals surface area contributed by atoms with Gasteiger partial charge in [0.15, 0.2) is 5.82 Å². The lowest BCUT2D eigenvalue weighted by molar-refractivity contribution is -0.116. The molecule has 6 heteroatoms. The average molecular weight is 341 g/mol. The quantitative estimate of drug-likeness (QED) is 0.845. The summed E-state index contributed by atoms with van der Waals surface area (Å²) in [5, 5.41) is 9.98. The minimum absolute atomic E-state index is 0.0677. The molecule has 1 saturated heterocycles. The van der Waals surface area contributed by atoms with E-state index in [4.69, 9.17) is 0 Å². The molecule has 1 aromatic carbocycles. The number of benzene rings is 1. The number of aromatic amines is 1. The predicted molar refractivity (Wildman–Crippen MR) is 99.3 cm³/mol. The minimum Gasteiger partial charge on any atom is -0.326 e. The fourth-order valence-electron chi connectivity index (χ4n) is 3.25. The molecule has 1 amide bonds. The third kappa shape index (κ3) is 5.39. The summed E-state index contributed by atoms with van der Waals surface area (Å²) >= 11 is 0. The van der Waals surface area contributed by atoms with E-state index in [0.29, 0.717) is 12.2 Å². The summed E-state index contributed by atoms with van der Waals surface area (Å²) in [7, 11) is 0. The van der Waals surface area contributed by atoms with E-state index in [9.17, 15) is 4.79 Å². The normalized spacial score (nSPS) is 15.7. The zero-order valence-corrected chi connectivity index (χ0v) is 14.9. The molecular weight excluding hydrogens is 314 g/mol. The Kier molecular flexibility index (Phi) is 6.17. The van der Waals surface area contributed by atoms with Gasteiger partial charge in [0.2, 0.25) is 5.91 Å². The van der Waals surface area contributed by atoms with Crippen LogP contribution in [0.15, 0.2) is 24.3 Å². The average Bonchev–Trinajstić information content (AvgIpc) is 2.87. The summed E-state index contributed by atoms with van der Waals surface area (Å²) in [4.78, 5) is 19.0. The van der Waals surface area contributed by atoms with Gasteiger partial charge >= 0.3 is 0 Å². The Hall–Kier alpha value is -2.21. The van der Waals surface area contributed by atoms with Gasteiger partial charge in [-0.1, -0.05) is 25.0 Å². The van der Waals surface area contributed by atoms with Gasteiger partial charge in [0.1, 0.15) is 5.82 Å². The zero-order chi connectivity index (χ0) is 17.5. The van der Waals surface area contributed by atoms with Crippen LogP contribution in [-0.2, 0) is 4.79 Å². The molecular formula is C19H27N5O. The lowest BCUT2D eigenvalue weighted by atomic mass is 10.2. The van der Waals surface area contributed by atoms with Crippen LogP contribution in [0, 0.1) is 6.92 Å². The summed E-state index contributed by atoms with van der Waals surface area (Å²) in [5.41, 5.74) is 1.69. The molecule has 2 N–H and O–H groups in total. The summed E-state index contributed by atoms with van der Waals surface area (Å²) in [6.07, 6.45) is 6.74. The number of anilines is 1. The number of H-pyrrole nitrogens is 1. The Labute approximate surface area is 149 Å². The predicted octanol–water partition coefficient (Wildman–Crippen LogP) is 3.37. The number of carbonyl (C=O) groups excluding carboxylic acids is 1. The molecule has 3 rings (SSSR count). The van der Waals surface area contributed by atoms with Gasteiger partial charge in [0, 0.05) is 17.7 Å². The van der Waals surface area contributed by atoms with Crippen molar-refractivity contribution in [2.45, 2.75) is 45.4 Å². The van der Waals surface area contributed by atoms with Gasteiger partial charge in [0.25, 0.3) is 0 Å². The molecule has 0 radical (unpaired) electrons. The van der Waals surface area contributed by atoms with Crippen LogP contribution in [-0.4, -0.2) is 45.6 Å². The Balaban J connectivity index is 1.47. The first-order chi connectivity index (χ1) is 12.2. The van der Waals surface area contributed by atoms with Crippen molar-refractivity contribution in [3.63, 3.8) is 0 Å². The third-order valence-electron chi connectivity index (χ3n) is 4.58. The molecule has 0 saturated carbocycles. The second kappa shape index (κ2) is 8.76. The smallest absolute Gasteiger partial charge is 0.224 e. The van der Waals surface area contributed by atoms with E-state index in [2.05, 4.69) is 25.4 Å². The number of aryl methyl sites for hydroxylation is 1. The van der Waals surface area contributed by atoms with Gasteiger partial charge in [-0.3, -0.25) is 9.89 Å². The first kappa shape index (κ1) is 17.6. The van der Waals surface area contributed by atoms with Crippen LogP contribution in [0.1, 0.15) is 44.3 Å². The summed E-state index contributed by atoms with van der Waals surface area (Å²) in [6.45, 7) is 5.25. The van der Waals surface area contributed by atoms with E-state index in [0.717, 1.165) is 30.0 Å². The minimum atomic E-state index is 0.0677. The van der Waals surface area contributed by atoms with Crippen molar-refractivity contribution in [1.82, 2.24) is 20.1 Å². The van der Waals surface area contributed by atoms with Gasteiger partial charge in [-0.2, -0.15) is 5.10 Å². The second-order valence-electron chi connectivity index (χ2n) is 6.73. The highest BCUT2D eigenvalue weighted by molar-refractivity contribution is 5.91. The lowest BCUT2D eigenvalue weighted by Crippen LogP contribution is -2.26. The highest BCUT2D eigenvalue weighted by Crippen LogP contribution is 2.19. The molecule has 1 aliphatic heterocycles. The fourth-order valence-corrected chi connectivity index (χ4v) is 3.25. The van der Waals surface area contributed by atoms with E-state index in [1.807, 2.05) is 31.2 Å². The highest BCUT2D eigenvalue weighted by atomic mass is 16.1. The lowest BCUT2D eigenvalue weighted by Gasteiger charge is -2.19. The van der Waals surface area contributed by atoms with Crippen molar-refractivity contribution >= 4 is 11.6 Å². The zero-order valence-electron chi connectivity index (χ0n) is 14.9. The Bertz CT molecular complexity index is 689. The van der Waals surface area contributed by atoms with Crippen molar-refractivity contribution in [1.29, 1.82) is 0 Å². The monoisotopic (exact) mass is 341 g/mol. The first-order valence-electron chi connectivity index (χ1n) is 9.22. The standard InChI is InChI=1S/C19H27N5O/c1-15-20-19(23-22-15)16-8-6-9-17(14-16)21-18(25)10-7-13-24-11-4-2-3-5-12-24/h6,8-9,14H,2-5,7,10-13H2,1H3,(H,21,25)(H,20,22,23). The molecule has 0 bridgehead atoms. The van der Waals surface area contributed by atoms with E-state index < -0.39 is 0 Å². The molecule has 1 fully saturated rings. The molecule has 2 aromatic rings. The number of nitrogens with zero attached hydrogens (tertiary/aromatic N) is 3. The van der Waals surface area contributed by atoms with Gasteiger partial charge in [-0.15, -0.1) is 0 Å². The largest absolute Gasteiger partial charge is 0.326 e. The molecule has 2 heterocycles. The van der Waals surface area contributed by atoms with Gasteiger partial charge in [0.05, 0.1) is 0 Å². The van der Waals surface area contributed by atoms with Gasteiger partial charge in [-0.05, 0) is 58.0 Å². The molecule has 1 aliphatic rings. The number of hydrogen-bond donors (Lipinski definition) is 2. The molecule has 0 unspecified atom stereocenters. The SMILES string of the molecule is Cc1nc(-c2cccc(NC(=O)CCCN3CCCCCC3)c2)n[nH]1. The molecule has 0 aliphatic carbocycles. The van der Waals surface area contributed by atoms with Crippen LogP contribution in [0.4, 0.5) is 5.69 Å². The van der Waals surface area contributed by atoms with Crippen molar-refractivity contribution in [3.05, 3.63) is 30.1 Å². The first-order valence-corrected chi connectivity index (χ1v) is 9.22. The van der Waals surface area contributed by atoms with Gasteiger partial charge in [-0.25, -0.2) is 4.98 Å². The number of nitrogens with one attached hydrogen (secondary N) is 2. The number of carbonyl (C=O) groups is 1. The number of aromatic nitrogens is 3. The molecule has 1 aromatic heterocycles. The van der Waals surface area contributed by atoms with Crippen LogP contribution >= 0.6 is 0 Å². The molecule has 25 heavy (non-hydrogen) atoms. The number of likely N-dealkylation sites (tertiary alicyclic amines) is 1. The Morgan fingerprint density at radius 1 is 1.24 bits per heavy atom. The van der Waals surface area contributed by atoms with Crippen LogP contribution in [0.2, 0.25) is 0 Å². The van der Waals surface area contributed by atoms with E-state index >= 15 is 0 Å². The van der Waals surface area contributed by atoms with Crippen molar-refractivity contribution in [2.75, 3.05) is 25.0 Å². The number of amides is 1. The van der Waals surface area contributed by atoms with Crippen LogP contribution in [0.3, 0.4) is 0 Å². The number of rotatable bonds is 6. The van der Waals surface area contributed by atoms with E-state index in [1.54, 1.807) is 0 Å². The van der Waals surface area contributed by atoms with E-state index in [-0.39, 0.29) is 5.91 Å². The van der Waals surface area contributed by atoms with Crippen molar-refractivity contribution in [3.8, 4) is 11.4 Å². The maximum atomic E-state index is 12.2. The second-order valence-corrected chi connectivity index (χ2v) is 6.73. The molecule has 134 valence electrons. The molecule has 0 spiro atoms. The fraction of sp³-hybridized carbons (Fsp3) is 0.526. The Morgan fingerprint density at radius 3 is 2.76 bits per heavy atom. The maximum absolute atomic E-state index is 12.2. The van der Waals surface area contributed by atoms with Crippen molar-refractivity contribution in [2.24, 2.45) is 0 Å². The molecule has 6 nitrogen and oxygen atoms in total. The maximum Gasteiger partial charge on any atom is 0.224 e. The summed E-state index contributed by atoms with van der Waals surface area (Å²) < 4.78 is 0. The van der Waals surface area contributed by atoms with Crippen LogP contribution in [0.5, 0.6) is 0 Å². The van der Waals surface area contributed by atoms with Crippen molar-refractivity contribution < 1.29 is 4.79 Å². The highest BCUT2D eigenvalue weighted by Gasteiger charge is 2.10. The van der Waals surface area contributed by atoms with Gasteiger partial charge < -0.3 is 10.2 Å². The molecule has 0 atom stereocenters.